The fraction of sp³-hybridized carbons (Fsp3) is 0.767. The average molecular weight is 643 g/mol. The number of nitrogens with zero attached hydrogens (tertiary/aromatic N) is 2. The van der Waals surface area contributed by atoms with Crippen LogP contribution in [-0.4, -0.2) is 65.2 Å². The third kappa shape index (κ3) is 11.8. The SMILES string of the molecule is C1CCC(P(C2CCCCC2)C2CCCCC2)CC1.CN1CCN(C)C1.[Cl][Ru]([Cl])=[CH]c1ccccc1. The molecule has 4 fully saturated rings. The molecule has 4 aliphatic rings. The number of rotatable bonds is 4. The Morgan fingerprint density at radius 2 is 1.06 bits per heavy atom. The molecule has 1 heterocycles. The van der Waals surface area contributed by atoms with Crippen LogP contribution in [-0.2, 0) is 13.5 Å². The number of benzene rings is 1. The van der Waals surface area contributed by atoms with Crippen molar-refractivity contribution in [2.24, 2.45) is 0 Å². The van der Waals surface area contributed by atoms with Crippen molar-refractivity contribution in [1.29, 1.82) is 0 Å². The third-order valence-electron chi connectivity index (χ3n) is 8.33. The Bertz CT molecular complexity index is 677. The molecule has 1 aromatic carbocycles. The fourth-order valence-electron chi connectivity index (χ4n) is 6.54. The summed E-state index contributed by atoms with van der Waals surface area (Å²) >= 11 is -1.61. The van der Waals surface area contributed by atoms with E-state index >= 15 is 0 Å². The average Bonchev–Trinajstić information content (AvgIpc) is 3.29. The maximum absolute atomic E-state index is 5.67. The van der Waals surface area contributed by atoms with E-state index in [0.717, 1.165) is 12.2 Å². The summed E-state index contributed by atoms with van der Waals surface area (Å²) in [6, 6.07) is 9.89. The summed E-state index contributed by atoms with van der Waals surface area (Å²) in [5.41, 5.74) is 4.69. The molecule has 0 amide bonds. The van der Waals surface area contributed by atoms with Gasteiger partial charge in [0.25, 0.3) is 0 Å². The molecule has 0 spiro atoms. The van der Waals surface area contributed by atoms with Crippen LogP contribution >= 0.6 is 27.3 Å². The van der Waals surface area contributed by atoms with Crippen molar-refractivity contribution < 1.29 is 13.5 Å². The minimum atomic E-state index is -1.61. The summed E-state index contributed by atoms with van der Waals surface area (Å²) in [6.07, 6.45) is 23.6. The Kier molecular flexibility index (Phi) is 15.7. The summed E-state index contributed by atoms with van der Waals surface area (Å²) in [5.74, 6) is 0. The molecule has 0 bridgehead atoms. The second-order valence-corrected chi connectivity index (χ2v) is 20.2. The Morgan fingerprint density at radius 3 is 1.36 bits per heavy atom. The number of hydrogen-bond donors (Lipinski definition) is 0. The van der Waals surface area contributed by atoms with Crippen molar-refractivity contribution >= 4 is 31.9 Å². The van der Waals surface area contributed by atoms with Gasteiger partial charge >= 0.3 is 73.4 Å². The van der Waals surface area contributed by atoms with Gasteiger partial charge in [0, 0.05) is 13.1 Å². The van der Waals surface area contributed by atoms with Crippen LogP contribution in [0.25, 0.3) is 0 Å². The van der Waals surface area contributed by atoms with Gasteiger partial charge in [0.1, 0.15) is 0 Å². The summed E-state index contributed by atoms with van der Waals surface area (Å²) in [7, 11) is 16.0. The normalized spacial score (nSPS) is 23.4. The standard InChI is InChI=1S/C18H33P.C7H6.C5H12N2.2ClH.Ru/c1-4-10-16(11-5-1)19(17-12-6-2-7-13-17)18-14-8-3-9-15-18;1-7-5-3-2-4-6-7;1-6-3-4-7(2)5-6;;;/h16-18H,1-15H2;1-6H;3-5H2,1-2H3;2*1H;/q;;;;;+2/p-2. The molecule has 2 nitrogen and oxygen atoms in total. The summed E-state index contributed by atoms with van der Waals surface area (Å²) < 4.78 is 1.92. The van der Waals surface area contributed by atoms with Gasteiger partial charge in [-0.25, -0.2) is 0 Å². The van der Waals surface area contributed by atoms with Crippen LogP contribution in [0.5, 0.6) is 0 Å². The van der Waals surface area contributed by atoms with Crippen LogP contribution in [0.15, 0.2) is 30.3 Å². The number of halogens is 2. The van der Waals surface area contributed by atoms with Gasteiger partial charge in [-0.3, -0.25) is 9.80 Å². The van der Waals surface area contributed by atoms with Gasteiger partial charge in [-0.05, 0) is 69.6 Å². The van der Waals surface area contributed by atoms with E-state index in [4.69, 9.17) is 19.4 Å². The van der Waals surface area contributed by atoms with Crippen LogP contribution < -0.4 is 0 Å². The van der Waals surface area contributed by atoms with E-state index in [1.165, 1.54) is 49.3 Å². The Labute approximate surface area is 237 Å². The first-order valence-electron chi connectivity index (χ1n) is 14.6. The van der Waals surface area contributed by atoms with Crippen molar-refractivity contribution in [3.63, 3.8) is 0 Å². The van der Waals surface area contributed by atoms with Gasteiger partial charge in [0.2, 0.25) is 0 Å². The predicted molar refractivity (Wildman–Crippen MR) is 161 cm³/mol. The van der Waals surface area contributed by atoms with Crippen LogP contribution in [0, 0.1) is 0 Å². The molecule has 1 aliphatic heterocycles. The molecule has 3 saturated carbocycles. The number of likely N-dealkylation sites (N-methyl/N-ethyl adjacent to an activating group) is 2. The first-order valence-corrected chi connectivity index (χ1v) is 21.6. The second kappa shape index (κ2) is 18.1. The van der Waals surface area contributed by atoms with Crippen LogP contribution in [0.1, 0.15) is 102 Å². The Hall–Kier alpha value is 0.643. The molecule has 6 heteroatoms. The van der Waals surface area contributed by atoms with Gasteiger partial charge in [-0.2, -0.15) is 0 Å². The molecule has 0 N–H and O–H groups in total. The first kappa shape index (κ1) is 31.2. The summed E-state index contributed by atoms with van der Waals surface area (Å²) in [5, 5.41) is 0. The topological polar surface area (TPSA) is 6.48 Å². The molecule has 1 saturated heterocycles. The summed E-state index contributed by atoms with van der Waals surface area (Å²) in [4.78, 5) is 4.61. The monoisotopic (exact) mass is 642 g/mol. The van der Waals surface area contributed by atoms with Crippen LogP contribution in [0.3, 0.4) is 0 Å². The van der Waals surface area contributed by atoms with E-state index in [1.54, 1.807) is 77.0 Å². The molecule has 0 radical (unpaired) electrons. The molecule has 3 aliphatic carbocycles. The molecule has 0 aromatic heterocycles. The predicted octanol–water partition coefficient (Wildman–Crippen LogP) is 9.05. The van der Waals surface area contributed by atoms with Crippen molar-refractivity contribution in [3.8, 4) is 0 Å². The van der Waals surface area contributed by atoms with Gasteiger partial charge in [-0.15, -0.1) is 0 Å². The van der Waals surface area contributed by atoms with E-state index in [0.29, 0.717) is 7.92 Å². The van der Waals surface area contributed by atoms with Crippen molar-refractivity contribution in [1.82, 2.24) is 9.80 Å². The molecular formula is C30H51Cl2N2PRu. The summed E-state index contributed by atoms with van der Waals surface area (Å²) in [6.45, 7) is 3.60. The van der Waals surface area contributed by atoms with E-state index in [1.807, 2.05) is 34.9 Å². The molecule has 0 unspecified atom stereocenters. The van der Waals surface area contributed by atoms with Gasteiger partial charge in [-0.1, -0.05) is 65.7 Å². The van der Waals surface area contributed by atoms with E-state index in [2.05, 4.69) is 23.9 Å². The Balaban J connectivity index is 0.000000177. The molecule has 208 valence electrons. The van der Waals surface area contributed by atoms with Gasteiger partial charge in [0.05, 0.1) is 6.67 Å². The zero-order valence-electron chi connectivity index (χ0n) is 22.9. The Morgan fingerprint density at radius 1 is 0.667 bits per heavy atom. The van der Waals surface area contributed by atoms with Crippen molar-refractivity contribution in [2.75, 3.05) is 33.9 Å². The second-order valence-electron chi connectivity index (χ2n) is 11.3. The van der Waals surface area contributed by atoms with Crippen LogP contribution in [0.4, 0.5) is 0 Å². The molecule has 1 aromatic rings. The van der Waals surface area contributed by atoms with E-state index < -0.39 is 13.5 Å². The fourth-order valence-corrected chi connectivity index (χ4v) is 13.0. The van der Waals surface area contributed by atoms with Gasteiger partial charge in [0.15, 0.2) is 0 Å². The zero-order chi connectivity index (χ0) is 25.6. The van der Waals surface area contributed by atoms with E-state index in [9.17, 15) is 0 Å². The van der Waals surface area contributed by atoms with Crippen LogP contribution in [0.2, 0.25) is 0 Å². The molecule has 36 heavy (non-hydrogen) atoms. The quantitative estimate of drug-likeness (QED) is 0.239. The first-order chi connectivity index (χ1) is 17.5. The van der Waals surface area contributed by atoms with Crippen molar-refractivity contribution in [3.05, 3.63) is 35.9 Å². The molecular weight excluding hydrogens is 591 g/mol. The van der Waals surface area contributed by atoms with Gasteiger partial charge < -0.3 is 0 Å². The number of hydrogen-bond acceptors (Lipinski definition) is 2. The van der Waals surface area contributed by atoms with E-state index in [-0.39, 0.29) is 0 Å². The van der Waals surface area contributed by atoms with Crippen molar-refractivity contribution in [2.45, 2.75) is 113 Å². The molecule has 5 rings (SSSR count). The minimum absolute atomic E-state index is 0.385. The maximum atomic E-state index is 5.67. The zero-order valence-corrected chi connectivity index (χ0v) is 27.0. The third-order valence-corrected chi connectivity index (χ3v) is 14.3. The molecule has 0 atom stereocenters.